The zero-order chi connectivity index (χ0) is 11.5. The topological polar surface area (TPSA) is 71.6 Å². The van der Waals surface area contributed by atoms with Crippen molar-refractivity contribution in [3.05, 3.63) is 51.1 Å². The highest BCUT2D eigenvalue weighted by Gasteiger charge is 2.03. The van der Waals surface area contributed by atoms with E-state index in [1.54, 1.807) is 18.2 Å². The summed E-state index contributed by atoms with van der Waals surface area (Å²) in [6, 6.07) is 8.99. The SMILES string of the molecule is N#Cc1nn(-c2cccc(Br)c2)cnc1=O. The van der Waals surface area contributed by atoms with Crippen LogP contribution in [0.5, 0.6) is 0 Å². The van der Waals surface area contributed by atoms with E-state index in [9.17, 15) is 4.79 Å². The molecule has 5 nitrogen and oxygen atoms in total. The van der Waals surface area contributed by atoms with Crippen LogP contribution in [0.4, 0.5) is 0 Å². The Kier molecular flexibility index (Phi) is 2.79. The molecule has 0 unspecified atom stereocenters. The van der Waals surface area contributed by atoms with E-state index in [1.807, 2.05) is 12.1 Å². The first-order chi connectivity index (χ1) is 7.70. The second-order valence-corrected chi connectivity index (χ2v) is 3.85. The van der Waals surface area contributed by atoms with Crippen molar-refractivity contribution in [3.63, 3.8) is 0 Å². The van der Waals surface area contributed by atoms with E-state index < -0.39 is 5.56 Å². The van der Waals surface area contributed by atoms with Crippen LogP contribution in [0.2, 0.25) is 0 Å². The largest absolute Gasteiger partial charge is 0.309 e. The Labute approximate surface area is 99.1 Å². The summed E-state index contributed by atoms with van der Waals surface area (Å²) in [7, 11) is 0. The highest BCUT2D eigenvalue weighted by molar-refractivity contribution is 9.10. The maximum atomic E-state index is 11.1. The lowest BCUT2D eigenvalue weighted by molar-refractivity contribution is 0.782. The molecular formula is C10H5BrN4O. The molecule has 78 valence electrons. The fraction of sp³-hybridized carbons (Fsp3) is 0. The molecule has 0 spiro atoms. The molecule has 1 aromatic carbocycles. The summed E-state index contributed by atoms with van der Waals surface area (Å²) in [5.41, 5.74) is -0.116. The number of nitriles is 1. The van der Waals surface area contributed by atoms with Crippen LogP contribution in [0, 0.1) is 11.3 Å². The minimum Gasteiger partial charge on any atom is -0.264 e. The van der Waals surface area contributed by atoms with Gasteiger partial charge in [0, 0.05) is 4.47 Å². The van der Waals surface area contributed by atoms with Gasteiger partial charge in [-0.25, -0.2) is 4.68 Å². The van der Waals surface area contributed by atoms with Crippen molar-refractivity contribution in [2.24, 2.45) is 0 Å². The maximum absolute atomic E-state index is 11.1. The lowest BCUT2D eigenvalue weighted by Gasteiger charge is -2.03. The summed E-state index contributed by atoms with van der Waals surface area (Å²) in [5, 5.41) is 12.5. The second-order valence-electron chi connectivity index (χ2n) is 2.93. The minimum absolute atomic E-state index is 0.220. The van der Waals surface area contributed by atoms with Crippen LogP contribution in [0.15, 0.2) is 39.9 Å². The van der Waals surface area contributed by atoms with Gasteiger partial charge in [0.05, 0.1) is 5.69 Å². The van der Waals surface area contributed by atoms with Gasteiger partial charge in [-0.2, -0.15) is 10.2 Å². The van der Waals surface area contributed by atoms with Crippen LogP contribution in [-0.2, 0) is 0 Å². The zero-order valence-corrected chi connectivity index (χ0v) is 9.55. The van der Waals surface area contributed by atoms with E-state index in [0.29, 0.717) is 0 Å². The van der Waals surface area contributed by atoms with Gasteiger partial charge in [-0.05, 0) is 18.2 Å². The van der Waals surface area contributed by atoms with E-state index in [0.717, 1.165) is 10.2 Å². The standard InChI is InChI=1S/C10H5BrN4O/c11-7-2-1-3-8(4-7)15-6-13-10(16)9(5-12)14-15/h1-4,6H. The highest BCUT2D eigenvalue weighted by atomic mass is 79.9. The molecule has 0 saturated heterocycles. The van der Waals surface area contributed by atoms with E-state index in [-0.39, 0.29) is 5.69 Å². The summed E-state index contributed by atoms with van der Waals surface area (Å²) < 4.78 is 2.26. The molecular weight excluding hydrogens is 272 g/mol. The van der Waals surface area contributed by atoms with Crippen molar-refractivity contribution in [1.82, 2.24) is 14.8 Å². The molecule has 0 aliphatic carbocycles. The summed E-state index contributed by atoms with van der Waals surface area (Å²) in [5.74, 6) is 0. The Hall–Kier alpha value is -2.00. The van der Waals surface area contributed by atoms with Gasteiger partial charge in [-0.15, -0.1) is 5.10 Å². The molecule has 0 amide bonds. The Morgan fingerprint density at radius 2 is 2.25 bits per heavy atom. The quantitative estimate of drug-likeness (QED) is 0.786. The van der Waals surface area contributed by atoms with Gasteiger partial charge in [0.25, 0.3) is 0 Å². The van der Waals surface area contributed by atoms with Crippen molar-refractivity contribution in [1.29, 1.82) is 5.26 Å². The molecule has 2 rings (SSSR count). The van der Waals surface area contributed by atoms with Gasteiger partial charge in [-0.3, -0.25) is 4.79 Å². The van der Waals surface area contributed by atoms with Gasteiger partial charge in [0.15, 0.2) is 0 Å². The molecule has 1 aromatic heterocycles. The summed E-state index contributed by atoms with van der Waals surface area (Å²) >= 11 is 3.32. The molecule has 0 saturated carbocycles. The highest BCUT2D eigenvalue weighted by Crippen LogP contribution is 2.13. The number of aromatic nitrogens is 3. The van der Waals surface area contributed by atoms with Crippen molar-refractivity contribution < 1.29 is 0 Å². The van der Waals surface area contributed by atoms with E-state index in [4.69, 9.17) is 5.26 Å². The van der Waals surface area contributed by atoms with Gasteiger partial charge in [0.1, 0.15) is 12.4 Å². The molecule has 0 N–H and O–H groups in total. The van der Waals surface area contributed by atoms with E-state index >= 15 is 0 Å². The summed E-state index contributed by atoms with van der Waals surface area (Å²) in [6.07, 6.45) is 1.28. The van der Waals surface area contributed by atoms with Crippen LogP contribution >= 0.6 is 15.9 Å². The average Bonchev–Trinajstić information content (AvgIpc) is 2.29. The normalized spacial score (nSPS) is 9.75. The molecule has 1 heterocycles. The van der Waals surface area contributed by atoms with E-state index in [2.05, 4.69) is 26.0 Å². The smallest absolute Gasteiger partial charge is 0.264 e. The molecule has 16 heavy (non-hydrogen) atoms. The van der Waals surface area contributed by atoms with Crippen molar-refractivity contribution in [2.75, 3.05) is 0 Å². The van der Waals surface area contributed by atoms with E-state index in [1.165, 1.54) is 11.0 Å². The third-order valence-electron chi connectivity index (χ3n) is 1.87. The first-order valence-corrected chi connectivity index (χ1v) is 5.12. The van der Waals surface area contributed by atoms with Gasteiger partial charge >= 0.3 is 5.56 Å². The van der Waals surface area contributed by atoms with Gasteiger partial charge in [-0.1, -0.05) is 22.0 Å². The van der Waals surface area contributed by atoms with Gasteiger partial charge in [0.2, 0.25) is 5.69 Å². The molecule has 0 atom stereocenters. The zero-order valence-electron chi connectivity index (χ0n) is 7.96. The molecule has 0 aliphatic rings. The third kappa shape index (κ3) is 1.99. The Morgan fingerprint density at radius 1 is 1.44 bits per heavy atom. The predicted octanol–water partition coefficient (Wildman–Crippen LogP) is 1.26. The number of nitrogens with zero attached hydrogens (tertiary/aromatic N) is 4. The van der Waals surface area contributed by atoms with Crippen LogP contribution in [0.25, 0.3) is 5.69 Å². The molecule has 2 aromatic rings. The number of halogens is 1. The monoisotopic (exact) mass is 276 g/mol. The molecule has 6 heteroatoms. The molecule has 0 aliphatic heterocycles. The second kappa shape index (κ2) is 4.24. The maximum Gasteiger partial charge on any atom is 0.309 e. The lowest BCUT2D eigenvalue weighted by Crippen LogP contribution is -2.17. The first kappa shape index (κ1) is 10.5. The van der Waals surface area contributed by atoms with Crippen LogP contribution in [0.3, 0.4) is 0 Å². The Morgan fingerprint density at radius 3 is 2.94 bits per heavy atom. The molecule has 0 radical (unpaired) electrons. The van der Waals surface area contributed by atoms with Crippen LogP contribution in [0.1, 0.15) is 5.69 Å². The fourth-order valence-electron chi connectivity index (χ4n) is 1.16. The number of benzene rings is 1. The van der Waals surface area contributed by atoms with Crippen molar-refractivity contribution in [2.45, 2.75) is 0 Å². The van der Waals surface area contributed by atoms with Crippen molar-refractivity contribution >= 4 is 15.9 Å². The first-order valence-electron chi connectivity index (χ1n) is 4.33. The molecule has 0 fully saturated rings. The number of rotatable bonds is 1. The molecule has 0 bridgehead atoms. The van der Waals surface area contributed by atoms with Crippen molar-refractivity contribution in [3.8, 4) is 11.8 Å². The Bertz CT molecular complexity index is 629. The fourth-order valence-corrected chi connectivity index (χ4v) is 1.54. The minimum atomic E-state index is -0.617. The number of hydrogen-bond acceptors (Lipinski definition) is 4. The average molecular weight is 277 g/mol. The van der Waals surface area contributed by atoms with Crippen LogP contribution < -0.4 is 5.56 Å². The number of hydrogen-bond donors (Lipinski definition) is 0. The predicted molar refractivity (Wildman–Crippen MR) is 60.0 cm³/mol. The Balaban J connectivity index is 2.58. The van der Waals surface area contributed by atoms with Gasteiger partial charge < -0.3 is 0 Å². The summed E-state index contributed by atoms with van der Waals surface area (Å²) in [4.78, 5) is 14.6. The lowest BCUT2D eigenvalue weighted by atomic mass is 10.3. The summed E-state index contributed by atoms with van der Waals surface area (Å²) in [6.45, 7) is 0. The van der Waals surface area contributed by atoms with Crippen LogP contribution in [-0.4, -0.2) is 14.8 Å². The third-order valence-corrected chi connectivity index (χ3v) is 2.37.